The third-order valence-corrected chi connectivity index (χ3v) is 5.53. The lowest BCUT2D eigenvalue weighted by molar-refractivity contribution is -0.126. The van der Waals surface area contributed by atoms with Crippen LogP contribution in [0.2, 0.25) is 0 Å². The van der Waals surface area contributed by atoms with Crippen molar-refractivity contribution in [1.29, 1.82) is 0 Å². The van der Waals surface area contributed by atoms with Crippen LogP contribution in [0, 0.1) is 0 Å². The van der Waals surface area contributed by atoms with Crippen molar-refractivity contribution in [2.75, 3.05) is 7.05 Å². The van der Waals surface area contributed by atoms with Crippen molar-refractivity contribution in [3.05, 3.63) is 34.0 Å². The van der Waals surface area contributed by atoms with Crippen molar-refractivity contribution in [2.45, 2.75) is 50.1 Å². The van der Waals surface area contributed by atoms with Crippen molar-refractivity contribution >= 4 is 29.1 Å². The summed E-state index contributed by atoms with van der Waals surface area (Å²) in [6, 6.07) is 1.31. The molecule has 7 N–H and O–H groups in total. The summed E-state index contributed by atoms with van der Waals surface area (Å²) in [5, 5.41) is 30.0. The van der Waals surface area contributed by atoms with E-state index >= 15 is 0 Å². The Kier molecular flexibility index (Phi) is 7.69. The fraction of sp³-hybridized carbons (Fsp3) is 0.500. The van der Waals surface area contributed by atoms with E-state index in [1.54, 1.807) is 14.0 Å². The number of thiophene rings is 1. The summed E-state index contributed by atoms with van der Waals surface area (Å²) in [6.07, 6.45) is -0.925. The third kappa shape index (κ3) is 5.61. The molecule has 0 fully saturated rings. The average molecular weight is 410 g/mol. The Labute approximate surface area is 167 Å². The van der Waals surface area contributed by atoms with Crippen LogP contribution in [0.5, 0.6) is 0 Å². The lowest BCUT2D eigenvalue weighted by atomic mass is 9.89. The zero-order chi connectivity index (χ0) is 20.8. The number of primary amides is 1. The van der Waals surface area contributed by atoms with Crippen LogP contribution in [-0.4, -0.2) is 65.3 Å². The van der Waals surface area contributed by atoms with E-state index in [0.717, 1.165) is 4.88 Å². The predicted molar refractivity (Wildman–Crippen MR) is 104 cm³/mol. The standard InChI is InChI=1S/C18H26N4O5S/c1-9(20-2)17(26)21-12-6-10(7-14(23)15(12)24)18(27)22-13(16(19)25)8-11-4-3-5-28-11/h3-6,9,12-15,20,23-24H,7-8H2,1-2H3,(H2,19,25)(H,21,26)(H,22,27). The minimum absolute atomic E-state index is 0.106. The number of likely N-dealkylation sites (N-methyl/N-ethyl adjacent to an activating group) is 1. The van der Waals surface area contributed by atoms with Crippen LogP contribution < -0.4 is 21.7 Å². The fourth-order valence-corrected chi connectivity index (χ4v) is 3.54. The fourth-order valence-electron chi connectivity index (χ4n) is 2.79. The van der Waals surface area contributed by atoms with Crippen LogP contribution in [0.25, 0.3) is 0 Å². The maximum atomic E-state index is 12.6. The molecule has 1 aliphatic carbocycles. The van der Waals surface area contributed by atoms with Gasteiger partial charge in [0.1, 0.15) is 12.1 Å². The highest BCUT2D eigenvalue weighted by molar-refractivity contribution is 7.09. The molecular formula is C18H26N4O5S. The van der Waals surface area contributed by atoms with Gasteiger partial charge in [-0.15, -0.1) is 11.3 Å². The number of amides is 3. The minimum Gasteiger partial charge on any atom is -0.390 e. The van der Waals surface area contributed by atoms with Crippen molar-refractivity contribution < 1.29 is 24.6 Å². The summed E-state index contributed by atoms with van der Waals surface area (Å²) in [4.78, 5) is 37.3. The van der Waals surface area contributed by atoms with Crippen molar-refractivity contribution in [1.82, 2.24) is 16.0 Å². The third-order valence-electron chi connectivity index (χ3n) is 4.63. The molecule has 0 saturated carbocycles. The van der Waals surface area contributed by atoms with Gasteiger partial charge >= 0.3 is 0 Å². The predicted octanol–water partition coefficient (Wildman–Crippen LogP) is -1.59. The number of aliphatic hydroxyl groups is 2. The second-order valence-corrected chi connectivity index (χ2v) is 7.74. The van der Waals surface area contributed by atoms with Gasteiger partial charge in [0.05, 0.1) is 18.2 Å². The number of nitrogens with two attached hydrogens (primary N) is 1. The molecule has 0 aromatic carbocycles. The van der Waals surface area contributed by atoms with Gasteiger partial charge in [-0.25, -0.2) is 0 Å². The first-order chi connectivity index (χ1) is 13.2. The lowest BCUT2D eigenvalue weighted by Gasteiger charge is -2.32. The molecule has 28 heavy (non-hydrogen) atoms. The Morgan fingerprint density at radius 2 is 2.07 bits per heavy atom. The Morgan fingerprint density at radius 1 is 1.36 bits per heavy atom. The molecular weight excluding hydrogens is 384 g/mol. The number of nitrogens with one attached hydrogen (secondary N) is 3. The highest BCUT2D eigenvalue weighted by Gasteiger charge is 2.35. The van der Waals surface area contributed by atoms with Gasteiger partial charge in [0.15, 0.2) is 0 Å². The van der Waals surface area contributed by atoms with Crippen molar-refractivity contribution in [2.24, 2.45) is 5.73 Å². The molecule has 3 amide bonds. The van der Waals surface area contributed by atoms with E-state index in [0.29, 0.717) is 0 Å². The second kappa shape index (κ2) is 9.78. The Balaban J connectivity index is 2.11. The monoisotopic (exact) mass is 410 g/mol. The zero-order valence-electron chi connectivity index (χ0n) is 15.7. The molecule has 1 heterocycles. The van der Waals surface area contributed by atoms with Crippen LogP contribution in [0.1, 0.15) is 18.2 Å². The van der Waals surface area contributed by atoms with Crippen LogP contribution in [0.3, 0.4) is 0 Å². The molecule has 5 unspecified atom stereocenters. The van der Waals surface area contributed by atoms with Gasteiger partial charge in [0, 0.05) is 23.3 Å². The van der Waals surface area contributed by atoms with Crippen LogP contribution >= 0.6 is 11.3 Å². The van der Waals surface area contributed by atoms with Gasteiger partial charge in [0.25, 0.3) is 0 Å². The smallest absolute Gasteiger partial charge is 0.247 e. The van der Waals surface area contributed by atoms with Gasteiger partial charge in [-0.3, -0.25) is 14.4 Å². The molecule has 5 atom stereocenters. The maximum absolute atomic E-state index is 12.6. The molecule has 2 rings (SSSR count). The van der Waals surface area contributed by atoms with Crippen LogP contribution in [0.4, 0.5) is 0 Å². The Bertz CT molecular complexity index is 736. The Hall–Kier alpha value is -2.27. The molecule has 10 heteroatoms. The molecule has 0 saturated heterocycles. The lowest BCUT2D eigenvalue weighted by Crippen LogP contribution is -2.54. The van der Waals surface area contributed by atoms with Crippen LogP contribution in [-0.2, 0) is 20.8 Å². The number of rotatable bonds is 8. The number of hydrogen-bond donors (Lipinski definition) is 6. The number of carbonyl (C=O) groups excluding carboxylic acids is 3. The Morgan fingerprint density at radius 3 is 2.64 bits per heavy atom. The van der Waals surface area contributed by atoms with Crippen molar-refractivity contribution in [3.8, 4) is 0 Å². The molecule has 0 aliphatic heterocycles. The highest BCUT2D eigenvalue weighted by Crippen LogP contribution is 2.20. The quantitative estimate of drug-likeness (QED) is 0.304. The molecule has 9 nitrogen and oxygen atoms in total. The molecule has 154 valence electrons. The maximum Gasteiger partial charge on any atom is 0.247 e. The molecule has 1 aromatic heterocycles. The topological polar surface area (TPSA) is 154 Å². The molecule has 0 radical (unpaired) electrons. The highest BCUT2D eigenvalue weighted by atomic mass is 32.1. The summed E-state index contributed by atoms with van der Waals surface area (Å²) in [5.41, 5.74) is 5.56. The van der Waals surface area contributed by atoms with Gasteiger partial charge in [-0.1, -0.05) is 12.1 Å². The summed E-state index contributed by atoms with van der Waals surface area (Å²) in [5.74, 6) is -1.64. The van der Waals surface area contributed by atoms with Gasteiger partial charge in [0.2, 0.25) is 17.7 Å². The number of hydrogen-bond acceptors (Lipinski definition) is 7. The van der Waals surface area contributed by atoms with E-state index in [9.17, 15) is 24.6 Å². The first-order valence-electron chi connectivity index (χ1n) is 8.90. The first kappa shape index (κ1) is 22.0. The summed E-state index contributed by atoms with van der Waals surface area (Å²) in [7, 11) is 1.61. The molecule has 1 aliphatic rings. The van der Waals surface area contributed by atoms with Gasteiger partial charge in [-0.2, -0.15) is 0 Å². The second-order valence-electron chi connectivity index (χ2n) is 6.71. The summed E-state index contributed by atoms with van der Waals surface area (Å²) < 4.78 is 0. The van der Waals surface area contributed by atoms with Gasteiger partial charge < -0.3 is 31.9 Å². The van der Waals surface area contributed by atoms with E-state index < -0.39 is 42.1 Å². The summed E-state index contributed by atoms with van der Waals surface area (Å²) in [6.45, 7) is 1.64. The minimum atomic E-state index is -1.25. The van der Waals surface area contributed by atoms with Crippen molar-refractivity contribution in [3.63, 3.8) is 0 Å². The van der Waals surface area contributed by atoms with Gasteiger partial charge in [-0.05, 0) is 25.4 Å². The van der Waals surface area contributed by atoms with E-state index in [4.69, 9.17) is 5.73 Å². The van der Waals surface area contributed by atoms with E-state index in [-0.39, 0.29) is 24.3 Å². The zero-order valence-corrected chi connectivity index (χ0v) is 16.5. The van der Waals surface area contributed by atoms with E-state index in [1.165, 1.54) is 17.4 Å². The number of aliphatic hydroxyl groups excluding tert-OH is 2. The average Bonchev–Trinajstić information content (AvgIpc) is 3.16. The van der Waals surface area contributed by atoms with E-state index in [2.05, 4.69) is 16.0 Å². The van der Waals surface area contributed by atoms with Crippen LogP contribution in [0.15, 0.2) is 29.2 Å². The number of carbonyl (C=O) groups is 3. The summed E-state index contributed by atoms with van der Waals surface area (Å²) >= 11 is 1.44. The normalized spacial score (nSPS) is 24.0. The first-order valence-corrected chi connectivity index (χ1v) is 9.78. The molecule has 0 spiro atoms. The van der Waals surface area contributed by atoms with E-state index in [1.807, 2.05) is 17.5 Å². The largest absolute Gasteiger partial charge is 0.390 e. The SMILES string of the molecule is CNC(C)C(=O)NC1C=C(C(=O)NC(Cc2cccs2)C(N)=O)CC(O)C1O. The molecule has 0 bridgehead atoms. The molecule has 1 aromatic rings.